The lowest BCUT2D eigenvalue weighted by atomic mass is 10.5. The van der Waals surface area contributed by atoms with Crippen LogP contribution in [0, 0.1) is 0 Å². The second-order valence-corrected chi connectivity index (χ2v) is 2.15. The second-order valence-electron chi connectivity index (χ2n) is 0.867. The summed E-state index contributed by atoms with van der Waals surface area (Å²) >= 11 is 0. The molecule has 1 fully saturated rings. The molecular formula is C3H6O3S. The van der Waals surface area contributed by atoms with Crippen LogP contribution in [0.15, 0.2) is 0 Å². The van der Waals surface area contributed by atoms with E-state index in [0.717, 1.165) is 0 Å². The van der Waals surface area contributed by atoms with Gasteiger partial charge in [0.1, 0.15) is 0 Å². The van der Waals surface area contributed by atoms with Gasteiger partial charge in [-0.25, -0.2) is 0 Å². The van der Waals surface area contributed by atoms with Crippen LogP contribution < -0.4 is 0 Å². The van der Waals surface area contributed by atoms with E-state index in [1.807, 2.05) is 0 Å². The molecule has 0 spiro atoms. The molecule has 0 aromatic heterocycles. The molecule has 0 atom stereocenters. The van der Waals surface area contributed by atoms with Gasteiger partial charge < -0.3 is 0 Å². The minimum atomic E-state index is -4.86. The highest BCUT2D eigenvalue weighted by Gasteiger charge is 2.16. The van der Waals surface area contributed by atoms with Crippen molar-refractivity contribution in [1.29, 1.82) is 0 Å². The Morgan fingerprint density at radius 3 is 2.57 bits per heavy atom. The predicted molar refractivity (Wildman–Crippen MR) is 24.4 cm³/mol. The van der Waals surface area contributed by atoms with Crippen molar-refractivity contribution in [3.63, 3.8) is 0 Å². The molecular weight excluding hydrogens is 116 g/mol. The zero-order valence-electron chi connectivity index (χ0n) is 9.13. The molecule has 0 amide bonds. The van der Waals surface area contributed by atoms with Crippen LogP contribution in [0.4, 0.5) is 0 Å². The van der Waals surface area contributed by atoms with Gasteiger partial charge >= 0.3 is 0 Å². The van der Waals surface area contributed by atoms with Gasteiger partial charge in [-0.15, -0.1) is 0 Å². The topological polar surface area (TPSA) is 43.4 Å². The Bertz CT molecular complexity index is 331. The molecule has 4 heteroatoms. The van der Waals surface area contributed by atoms with Crippen LogP contribution in [0.5, 0.6) is 0 Å². The average molecular weight is 128 g/mol. The van der Waals surface area contributed by atoms with Crippen LogP contribution in [0.2, 0.25) is 0 Å². The fraction of sp³-hybridized carbons (Fsp3) is 1.00. The molecule has 7 heavy (non-hydrogen) atoms. The molecule has 0 unspecified atom stereocenters. The van der Waals surface area contributed by atoms with Gasteiger partial charge in [0.05, 0.1) is 15.0 Å². The van der Waals surface area contributed by atoms with Crippen LogP contribution in [-0.4, -0.2) is 20.7 Å². The molecule has 1 aliphatic rings. The summed E-state index contributed by atoms with van der Waals surface area (Å²) in [5.41, 5.74) is -3.37. The van der Waals surface area contributed by atoms with E-state index >= 15 is 0 Å². The third-order valence-corrected chi connectivity index (χ3v) is 1.03. The first kappa shape index (κ1) is 1.45. The molecule has 42 valence electrons. The Hall–Kier alpha value is -0.0900. The molecule has 0 bridgehead atoms. The van der Waals surface area contributed by atoms with Crippen molar-refractivity contribution < 1.29 is 20.8 Å². The lowest BCUT2D eigenvalue weighted by molar-refractivity contribution is 0.354. The highest BCUT2D eigenvalue weighted by Crippen LogP contribution is 2.04. The zero-order chi connectivity index (χ0) is 10.7. The first-order chi connectivity index (χ1) is 5.46. The lowest BCUT2D eigenvalue weighted by Gasteiger charge is -1.83. The summed E-state index contributed by atoms with van der Waals surface area (Å²) in [5, 5.41) is 0. The van der Waals surface area contributed by atoms with Crippen molar-refractivity contribution in [3.8, 4) is 0 Å². The van der Waals surface area contributed by atoms with E-state index < -0.39 is 28.8 Å². The molecule has 0 N–H and O–H groups in total. The van der Waals surface area contributed by atoms with Gasteiger partial charge in [0.2, 0.25) is 0 Å². The van der Waals surface area contributed by atoms with Gasteiger partial charge in [0, 0.05) is 5.48 Å². The van der Waals surface area contributed by atoms with Gasteiger partial charge in [-0.3, -0.25) is 4.18 Å². The lowest BCUT2D eigenvalue weighted by Crippen LogP contribution is -1.96. The molecule has 1 rings (SSSR count). The van der Waals surface area contributed by atoms with Crippen molar-refractivity contribution in [2.24, 2.45) is 0 Å². The largest absolute Gasteiger partial charge is 0.270 e. The summed E-state index contributed by atoms with van der Waals surface area (Å²) in [6, 6.07) is 0. The highest BCUT2D eigenvalue weighted by atomic mass is 32.2. The molecule has 0 aromatic rings. The molecule has 0 radical (unpaired) electrons. The Labute approximate surface area is 50.8 Å². The predicted octanol–water partition coefficient (Wildman–Crippen LogP) is -0.263. The summed E-state index contributed by atoms with van der Waals surface area (Å²) in [6.07, 6.45) is -3.22. The van der Waals surface area contributed by atoms with E-state index in [0.29, 0.717) is 0 Å². The molecule has 0 saturated carbocycles. The molecule has 1 saturated heterocycles. The zero-order valence-corrected chi connectivity index (χ0v) is 3.95. The maximum atomic E-state index is 10.8. The summed E-state index contributed by atoms with van der Waals surface area (Å²) in [4.78, 5) is 0. The summed E-state index contributed by atoms with van der Waals surface area (Å²) < 4.78 is 66.8. The monoisotopic (exact) mass is 128 g/mol. The third kappa shape index (κ3) is 1.14. The second kappa shape index (κ2) is 1.45. The number of hydrogen-bond acceptors (Lipinski definition) is 3. The van der Waals surface area contributed by atoms with Gasteiger partial charge in [-0.05, 0) is 6.37 Å². The van der Waals surface area contributed by atoms with Gasteiger partial charge in [0.25, 0.3) is 10.1 Å². The fourth-order valence-corrected chi connectivity index (χ4v) is 0.540. The average Bonchev–Trinajstić information content (AvgIpc) is 1.88. The van der Waals surface area contributed by atoms with Gasteiger partial charge in [-0.1, -0.05) is 0 Å². The minimum absolute atomic E-state index is 3.17. The van der Waals surface area contributed by atoms with Crippen molar-refractivity contribution >= 4 is 10.1 Å². The van der Waals surface area contributed by atoms with E-state index in [4.69, 9.17) is 8.22 Å². The molecule has 1 aliphatic heterocycles. The van der Waals surface area contributed by atoms with Gasteiger partial charge in [0.15, 0.2) is 0 Å². The van der Waals surface area contributed by atoms with Gasteiger partial charge in [-0.2, -0.15) is 8.42 Å². The van der Waals surface area contributed by atoms with Crippen LogP contribution in [0.3, 0.4) is 0 Å². The van der Waals surface area contributed by atoms with E-state index in [9.17, 15) is 8.42 Å². The standard InChI is InChI=1S/C3H6O3S/c4-7(5)3-1-2-6-7/h1-3H2/i1D2,2D2,3D2. The Morgan fingerprint density at radius 2 is 2.43 bits per heavy atom. The highest BCUT2D eigenvalue weighted by molar-refractivity contribution is 7.86. The van der Waals surface area contributed by atoms with Crippen LogP contribution in [-0.2, 0) is 14.3 Å². The van der Waals surface area contributed by atoms with Crippen molar-refractivity contribution in [2.45, 2.75) is 6.37 Å². The SMILES string of the molecule is [2H]C1([2H])OS(=O)(=O)C([2H])([2H])C1([2H])[2H]. The molecule has 0 aromatic carbocycles. The molecule has 3 nitrogen and oxygen atoms in total. The Kier molecular flexibility index (Phi) is 0.300. The maximum Gasteiger partial charge on any atom is 0.267 e. The number of rotatable bonds is 0. The summed E-state index contributed by atoms with van der Waals surface area (Å²) in [5.74, 6) is 0. The Morgan fingerprint density at radius 1 is 1.71 bits per heavy atom. The van der Waals surface area contributed by atoms with E-state index in [-0.39, 0.29) is 0 Å². The molecule has 0 aliphatic carbocycles. The summed E-state index contributed by atoms with van der Waals surface area (Å²) in [7, 11) is -4.86. The first-order valence-electron chi connectivity index (χ1n) is 4.41. The van der Waals surface area contributed by atoms with E-state index in [2.05, 4.69) is 4.18 Å². The fourth-order valence-electron chi connectivity index (χ4n) is 0.180. The normalized spacial score (nSPS) is 62.3. The Balaban J connectivity index is 3.42. The summed E-state index contributed by atoms with van der Waals surface area (Å²) in [6.45, 7) is -3.17. The van der Waals surface area contributed by atoms with E-state index in [1.54, 1.807) is 0 Å². The quantitative estimate of drug-likeness (QED) is 0.422. The van der Waals surface area contributed by atoms with Crippen molar-refractivity contribution in [3.05, 3.63) is 0 Å². The van der Waals surface area contributed by atoms with Crippen LogP contribution in [0.1, 0.15) is 14.6 Å². The smallest absolute Gasteiger partial charge is 0.267 e. The third-order valence-electron chi connectivity index (χ3n) is 0.378. The van der Waals surface area contributed by atoms with Crippen molar-refractivity contribution in [2.75, 3.05) is 12.3 Å². The van der Waals surface area contributed by atoms with Crippen LogP contribution >= 0.6 is 0 Å². The maximum absolute atomic E-state index is 10.8. The first-order valence-corrected chi connectivity index (χ1v) is 2.82. The van der Waals surface area contributed by atoms with Crippen LogP contribution in [0.25, 0.3) is 0 Å². The van der Waals surface area contributed by atoms with E-state index in [1.165, 1.54) is 0 Å². The molecule has 1 heterocycles. The minimum Gasteiger partial charge on any atom is -0.270 e. The van der Waals surface area contributed by atoms with Crippen molar-refractivity contribution in [1.82, 2.24) is 0 Å². The number of hydrogen-bond donors (Lipinski definition) is 0.